The zero-order chi connectivity index (χ0) is 33.2. The van der Waals surface area contributed by atoms with E-state index in [2.05, 4.69) is 0 Å². The summed E-state index contributed by atoms with van der Waals surface area (Å²) >= 11 is 5.97. The number of nitrogens with zero attached hydrogens (tertiary/aromatic N) is 2. The van der Waals surface area contributed by atoms with Crippen LogP contribution in [0, 0.1) is 0 Å². The highest BCUT2D eigenvalue weighted by Crippen LogP contribution is 2.38. The lowest BCUT2D eigenvalue weighted by Crippen LogP contribution is -2.30. The molecule has 0 spiro atoms. The standard InChI is InChI=1S/C33H26ClF3N2O6S/c1-21-30(32(41)44-2)29(31(40)39(21)25-10-6-9-23(17-25)33(35,36)37)18-26-13-14-27(45-26)20-38(19-22-7-4-3-5-8-22)46(42,43)28-15-11-24(34)12-16-28/h3-18H,19-20H2,1-2H3/b29-18-. The Hall–Kier alpha value is -4.65. The number of ether oxygens (including phenoxy) is 1. The molecule has 8 nitrogen and oxygen atoms in total. The van der Waals surface area contributed by atoms with E-state index in [1.807, 2.05) is 6.07 Å². The van der Waals surface area contributed by atoms with Gasteiger partial charge in [-0.3, -0.25) is 9.69 Å². The normalized spacial score (nSPS) is 14.9. The molecule has 3 aromatic carbocycles. The van der Waals surface area contributed by atoms with Crippen LogP contribution in [0.25, 0.3) is 6.08 Å². The van der Waals surface area contributed by atoms with Crippen molar-refractivity contribution in [2.24, 2.45) is 0 Å². The molecule has 0 unspecified atom stereocenters. The van der Waals surface area contributed by atoms with Gasteiger partial charge in [0.1, 0.15) is 11.5 Å². The molecule has 1 aliphatic rings. The lowest BCUT2D eigenvalue weighted by Gasteiger charge is -2.21. The van der Waals surface area contributed by atoms with Gasteiger partial charge in [0, 0.05) is 23.0 Å². The average molecular weight is 671 g/mol. The van der Waals surface area contributed by atoms with Gasteiger partial charge >= 0.3 is 12.1 Å². The molecule has 1 aliphatic heterocycles. The van der Waals surface area contributed by atoms with E-state index in [1.165, 1.54) is 59.8 Å². The van der Waals surface area contributed by atoms with Gasteiger partial charge in [-0.2, -0.15) is 17.5 Å². The minimum atomic E-state index is -4.65. The summed E-state index contributed by atoms with van der Waals surface area (Å²) in [5, 5.41) is 0.376. The monoisotopic (exact) mass is 670 g/mol. The molecule has 2 heterocycles. The fourth-order valence-electron chi connectivity index (χ4n) is 4.95. The van der Waals surface area contributed by atoms with Crippen molar-refractivity contribution in [1.29, 1.82) is 0 Å². The molecule has 4 aromatic rings. The van der Waals surface area contributed by atoms with Crippen molar-refractivity contribution in [1.82, 2.24) is 4.31 Å². The fourth-order valence-corrected chi connectivity index (χ4v) is 6.47. The first kappa shape index (κ1) is 32.7. The predicted molar refractivity (Wildman–Crippen MR) is 165 cm³/mol. The zero-order valence-electron chi connectivity index (χ0n) is 24.4. The Morgan fingerprint density at radius 2 is 1.67 bits per heavy atom. The van der Waals surface area contributed by atoms with Gasteiger partial charge in [0.2, 0.25) is 10.0 Å². The van der Waals surface area contributed by atoms with Crippen molar-refractivity contribution in [2.75, 3.05) is 12.0 Å². The van der Waals surface area contributed by atoms with Crippen molar-refractivity contribution < 1.29 is 40.3 Å². The smallest absolute Gasteiger partial charge is 0.416 e. The second kappa shape index (κ2) is 13.0. The van der Waals surface area contributed by atoms with Gasteiger partial charge in [-0.25, -0.2) is 13.2 Å². The van der Waals surface area contributed by atoms with Crippen LogP contribution in [0.4, 0.5) is 18.9 Å². The van der Waals surface area contributed by atoms with Gasteiger partial charge in [0.05, 0.1) is 35.3 Å². The van der Waals surface area contributed by atoms with Crippen LogP contribution in [-0.2, 0) is 43.6 Å². The van der Waals surface area contributed by atoms with Crippen molar-refractivity contribution in [2.45, 2.75) is 31.1 Å². The van der Waals surface area contributed by atoms with E-state index in [0.29, 0.717) is 5.02 Å². The third-order valence-corrected chi connectivity index (χ3v) is 9.23. The van der Waals surface area contributed by atoms with E-state index in [4.69, 9.17) is 20.8 Å². The molecular formula is C33H26ClF3N2O6S. The van der Waals surface area contributed by atoms with Crippen LogP contribution < -0.4 is 4.90 Å². The first-order chi connectivity index (χ1) is 21.8. The van der Waals surface area contributed by atoms with E-state index in [-0.39, 0.29) is 52.0 Å². The van der Waals surface area contributed by atoms with E-state index < -0.39 is 33.6 Å². The molecule has 13 heteroatoms. The molecular weight excluding hydrogens is 645 g/mol. The Bertz CT molecular complexity index is 1950. The number of hydrogen-bond donors (Lipinski definition) is 0. The number of hydrogen-bond acceptors (Lipinski definition) is 6. The SMILES string of the molecule is COC(=O)C1=C(C)N(c2cccc(C(F)(F)F)c2)C(=O)/C1=C\c1ccc(CN(Cc2ccccc2)S(=O)(=O)c2ccc(Cl)cc2)o1. The summed E-state index contributed by atoms with van der Waals surface area (Å²) in [5.74, 6) is -1.32. The molecule has 0 atom stereocenters. The number of alkyl halides is 3. The maximum absolute atomic E-state index is 13.7. The molecule has 0 saturated carbocycles. The number of esters is 1. The molecule has 0 saturated heterocycles. The summed E-state index contributed by atoms with van der Waals surface area (Å²) in [6.45, 7) is 1.25. The van der Waals surface area contributed by atoms with Crippen LogP contribution in [0.2, 0.25) is 5.02 Å². The first-order valence-electron chi connectivity index (χ1n) is 13.7. The largest absolute Gasteiger partial charge is 0.465 e. The Morgan fingerprint density at radius 1 is 0.978 bits per heavy atom. The highest BCUT2D eigenvalue weighted by molar-refractivity contribution is 7.89. The number of methoxy groups -OCH3 is 1. The maximum Gasteiger partial charge on any atom is 0.416 e. The van der Waals surface area contributed by atoms with E-state index in [9.17, 15) is 31.2 Å². The first-order valence-corrected chi connectivity index (χ1v) is 15.5. The number of amides is 1. The molecule has 1 amide bonds. The van der Waals surface area contributed by atoms with Crippen LogP contribution in [0.15, 0.2) is 117 Å². The Labute approximate surface area is 268 Å². The van der Waals surface area contributed by atoms with Crippen molar-refractivity contribution in [3.63, 3.8) is 0 Å². The molecule has 0 bridgehead atoms. The van der Waals surface area contributed by atoms with Gasteiger partial charge in [-0.15, -0.1) is 0 Å². The van der Waals surface area contributed by atoms with Crippen LogP contribution in [0.3, 0.4) is 0 Å². The molecule has 5 rings (SSSR count). The van der Waals surface area contributed by atoms with Crippen molar-refractivity contribution >= 4 is 45.3 Å². The second-order valence-corrected chi connectivity index (χ2v) is 12.6. The molecule has 0 radical (unpaired) electrons. The van der Waals surface area contributed by atoms with Crippen LogP contribution in [0.5, 0.6) is 0 Å². The van der Waals surface area contributed by atoms with Gasteiger partial charge < -0.3 is 9.15 Å². The third-order valence-electron chi connectivity index (χ3n) is 7.18. The van der Waals surface area contributed by atoms with Gasteiger partial charge in [0.25, 0.3) is 5.91 Å². The Morgan fingerprint density at radius 3 is 2.33 bits per heavy atom. The number of rotatable bonds is 9. The van der Waals surface area contributed by atoms with Gasteiger partial charge in [-0.05, 0) is 73.2 Å². The summed E-state index contributed by atoms with van der Waals surface area (Å²) in [7, 11) is -2.91. The molecule has 46 heavy (non-hydrogen) atoms. The highest BCUT2D eigenvalue weighted by Gasteiger charge is 2.39. The lowest BCUT2D eigenvalue weighted by atomic mass is 10.1. The minimum absolute atomic E-state index is 0.0157. The average Bonchev–Trinajstić information content (AvgIpc) is 3.57. The number of benzene rings is 3. The summed E-state index contributed by atoms with van der Waals surface area (Å²) in [4.78, 5) is 27.4. The lowest BCUT2D eigenvalue weighted by molar-refractivity contribution is -0.137. The number of carbonyl (C=O) groups is 2. The van der Waals surface area contributed by atoms with Crippen molar-refractivity contribution in [3.05, 3.63) is 136 Å². The highest BCUT2D eigenvalue weighted by atomic mass is 35.5. The molecule has 1 aromatic heterocycles. The number of carbonyl (C=O) groups excluding carboxylic acids is 2. The minimum Gasteiger partial charge on any atom is -0.465 e. The summed E-state index contributed by atoms with van der Waals surface area (Å²) < 4.78 is 79.6. The van der Waals surface area contributed by atoms with E-state index in [0.717, 1.165) is 35.8 Å². The van der Waals surface area contributed by atoms with Gasteiger partial charge in [-0.1, -0.05) is 48.0 Å². The summed E-state index contributed by atoms with van der Waals surface area (Å²) in [5.41, 5.74) is -0.588. The molecule has 0 N–H and O–H groups in total. The number of allylic oxidation sites excluding steroid dienone is 1. The quantitative estimate of drug-likeness (QED) is 0.138. The van der Waals surface area contributed by atoms with E-state index in [1.54, 1.807) is 24.3 Å². The Balaban J connectivity index is 1.49. The zero-order valence-corrected chi connectivity index (χ0v) is 26.0. The fraction of sp³-hybridized carbons (Fsp3) is 0.152. The number of furan rings is 1. The predicted octanol–water partition coefficient (Wildman–Crippen LogP) is 7.22. The molecule has 238 valence electrons. The topological polar surface area (TPSA) is 97.1 Å². The van der Waals surface area contributed by atoms with Gasteiger partial charge in [0.15, 0.2) is 0 Å². The van der Waals surface area contributed by atoms with Crippen LogP contribution in [-0.4, -0.2) is 31.7 Å². The van der Waals surface area contributed by atoms with E-state index >= 15 is 0 Å². The van der Waals surface area contributed by atoms with Crippen molar-refractivity contribution in [3.8, 4) is 0 Å². The molecule has 0 aliphatic carbocycles. The Kier molecular flexibility index (Phi) is 9.24. The summed E-state index contributed by atoms with van der Waals surface area (Å²) in [6.07, 6.45) is -3.38. The number of anilines is 1. The third kappa shape index (κ3) is 6.79. The number of sulfonamides is 1. The number of halogens is 4. The van der Waals surface area contributed by atoms with Crippen LogP contribution >= 0.6 is 11.6 Å². The maximum atomic E-state index is 13.7. The van der Waals surface area contributed by atoms with Crippen LogP contribution in [0.1, 0.15) is 29.6 Å². The second-order valence-electron chi connectivity index (χ2n) is 10.2. The molecule has 0 fully saturated rings. The summed E-state index contributed by atoms with van der Waals surface area (Å²) in [6, 6.07) is 21.9.